The van der Waals surface area contributed by atoms with Gasteiger partial charge in [-0.3, -0.25) is 0 Å². The van der Waals surface area contributed by atoms with Crippen LogP contribution in [0.2, 0.25) is 0 Å². The normalized spacial score (nSPS) is 10.4. The van der Waals surface area contributed by atoms with Crippen molar-refractivity contribution < 1.29 is 0 Å². The number of rotatable bonds is 3. The van der Waals surface area contributed by atoms with Gasteiger partial charge in [-0.05, 0) is 49.9 Å². The van der Waals surface area contributed by atoms with Gasteiger partial charge in [0.25, 0.3) is 0 Å². The fourth-order valence-electron chi connectivity index (χ4n) is 1.68. The van der Waals surface area contributed by atoms with Crippen LogP contribution in [0, 0.1) is 27.7 Å². The molecule has 0 bridgehead atoms. The van der Waals surface area contributed by atoms with Crippen LogP contribution in [0.3, 0.4) is 0 Å². The van der Waals surface area contributed by atoms with E-state index < -0.39 is 0 Å². The number of nitrogens with one attached hydrogen (secondary N) is 1. The van der Waals surface area contributed by atoms with Crippen molar-refractivity contribution in [3.63, 3.8) is 0 Å². The summed E-state index contributed by atoms with van der Waals surface area (Å²) < 4.78 is 0. The lowest BCUT2D eigenvalue weighted by Crippen LogP contribution is -2.15. The van der Waals surface area contributed by atoms with Gasteiger partial charge in [-0.25, -0.2) is 0 Å². The van der Waals surface area contributed by atoms with Crippen molar-refractivity contribution >= 4 is 5.69 Å². The Morgan fingerprint density at radius 3 is 2.00 bits per heavy atom. The Kier molecular flexibility index (Phi) is 3.53. The van der Waals surface area contributed by atoms with E-state index in [1.807, 2.05) is 0 Å². The van der Waals surface area contributed by atoms with Crippen molar-refractivity contribution in [2.45, 2.75) is 27.7 Å². The third kappa shape index (κ3) is 2.07. The standard InChI is InChI=1S/C12H20N2/c1-8-7-9(2)11(4)12(10(8)3)14-6-5-13/h7,14H,5-6,13H2,1-4H3. The lowest BCUT2D eigenvalue weighted by molar-refractivity contribution is 1.01. The average Bonchev–Trinajstić information content (AvgIpc) is 2.15. The van der Waals surface area contributed by atoms with E-state index in [1.165, 1.54) is 27.9 Å². The molecule has 0 spiro atoms. The van der Waals surface area contributed by atoms with Crippen molar-refractivity contribution in [1.29, 1.82) is 0 Å². The van der Waals surface area contributed by atoms with Crippen LogP contribution in [-0.4, -0.2) is 13.1 Å². The van der Waals surface area contributed by atoms with Crippen LogP contribution in [0.4, 0.5) is 5.69 Å². The molecule has 0 aliphatic heterocycles. The van der Waals surface area contributed by atoms with Crippen molar-refractivity contribution in [3.8, 4) is 0 Å². The van der Waals surface area contributed by atoms with E-state index in [-0.39, 0.29) is 0 Å². The minimum Gasteiger partial charge on any atom is -0.383 e. The molecule has 1 rings (SSSR count). The van der Waals surface area contributed by atoms with Gasteiger partial charge in [0, 0.05) is 18.8 Å². The van der Waals surface area contributed by atoms with Crippen molar-refractivity contribution in [1.82, 2.24) is 0 Å². The molecule has 0 aliphatic carbocycles. The highest BCUT2D eigenvalue weighted by molar-refractivity contribution is 5.62. The van der Waals surface area contributed by atoms with E-state index in [9.17, 15) is 0 Å². The van der Waals surface area contributed by atoms with Crippen LogP contribution in [0.25, 0.3) is 0 Å². The van der Waals surface area contributed by atoms with Crippen LogP contribution in [0.15, 0.2) is 6.07 Å². The van der Waals surface area contributed by atoms with Gasteiger partial charge >= 0.3 is 0 Å². The molecule has 78 valence electrons. The van der Waals surface area contributed by atoms with Gasteiger partial charge in [0.2, 0.25) is 0 Å². The molecule has 0 amide bonds. The average molecular weight is 192 g/mol. The summed E-state index contributed by atoms with van der Waals surface area (Å²) in [5.74, 6) is 0. The summed E-state index contributed by atoms with van der Waals surface area (Å²) in [6.07, 6.45) is 0. The highest BCUT2D eigenvalue weighted by Gasteiger charge is 2.06. The van der Waals surface area contributed by atoms with E-state index in [4.69, 9.17) is 5.73 Å². The third-order valence-corrected chi connectivity index (χ3v) is 2.81. The minimum absolute atomic E-state index is 0.672. The molecule has 0 aromatic heterocycles. The number of hydrogen-bond acceptors (Lipinski definition) is 2. The fourth-order valence-corrected chi connectivity index (χ4v) is 1.68. The summed E-state index contributed by atoms with van der Waals surface area (Å²) in [6.45, 7) is 10.1. The van der Waals surface area contributed by atoms with Crippen molar-refractivity contribution in [3.05, 3.63) is 28.3 Å². The summed E-state index contributed by atoms with van der Waals surface area (Å²) in [5.41, 5.74) is 12.1. The highest BCUT2D eigenvalue weighted by Crippen LogP contribution is 2.26. The zero-order chi connectivity index (χ0) is 10.7. The number of anilines is 1. The molecular weight excluding hydrogens is 172 g/mol. The molecule has 3 N–H and O–H groups in total. The maximum atomic E-state index is 5.49. The lowest BCUT2D eigenvalue weighted by Gasteiger charge is -2.16. The Morgan fingerprint density at radius 1 is 1.07 bits per heavy atom. The predicted molar refractivity (Wildman–Crippen MR) is 62.9 cm³/mol. The van der Waals surface area contributed by atoms with Gasteiger partial charge in [0.15, 0.2) is 0 Å². The smallest absolute Gasteiger partial charge is 0.0405 e. The quantitative estimate of drug-likeness (QED) is 0.771. The summed E-state index contributed by atoms with van der Waals surface area (Å²) in [6, 6.07) is 2.23. The molecule has 0 aliphatic rings. The maximum absolute atomic E-state index is 5.49. The lowest BCUT2D eigenvalue weighted by atomic mass is 9.99. The fraction of sp³-hybridized carbons (Fsp3) is 0.500. The minimum atomic E-state index is 0.672. The molecule has 0 heterocycles. The molecular formula is C12H20N2. The van der Waals surface area contributed by atoms with Gasteiger partial charge in [-0.2, -0.15) is 0 Å². The van der Waals surface area contributed by atoms with Crippen LogP contribution >= 0.6 is 0 Å². The van der Waals surface area contributed by atoms with E-state index in [0.29, 0.717) is 6.54 Å². The third-order valence-electron chi connectivity index (χ3n) is 2.81. The Hall–Kier alpha value is -1.02. The first-order valence-electron chi connectivity index (χ1n) is 5.09. The van der Waals surface area contributed by atoms with Crippen LogP contribution in [-0.2, 0) is 0 Å². The maximum Gasteiger partial charge on any atom is 0.0405 e. The van der Waals surface area contributed by atoms with E-state index in [2.05, 4.69) is 39.1 Å². The van der Waals surface area contributed by atoms with Gasteiger partial charge in [0.05, 0.1) is 0 Å². The second-order valence-electron chi connectivity index (χ2n) is 3.85. The molecule has 0 atom stereocenters. The summed E-state index contributed by atoms with van der Waals surface area (Å²) in [5, 5.41) is 3.39. The SMILES string of the molecule is Cc1cc(C)c(C)c(NCCN)c1C. The van der Waals surface area contributed by atoms with Crippen molar-refractivity contribution in [2.75, 3.05) is 18.4 Å². The van der Waals surface area contributed by atoms with Gasteiger partial charge in [-0.1, -0.05) is 6.07 Å². The van der Waals surface area contributed by atoms with E-state index >= 15 is 0 Å². The molecule has 0 unspecified atom stereocenters. The molecule has 2 nitrogen and oxygen atoms in total. The van der Waals surface area contributed by atoms with Crippen LogP contribution in [0.5, 0.6) is 0 Å². The monoisotopic (exact) mass is 192 g/mol. The van der Waals surface area contributed by atoms with Gasteiger partial charge in [0.1, 0.15) is 0 Å². The van der Waals surface area contributed by atoms with Crippen molar-refractivity contribution in [2.24, 2.45) is 5.73 Å². The van der Waals surface area contributed by atoms with Crippen LogP contribution in [0.1, 0.15) is 22.3 Å². The number of aryl methyl sites for hydroxylation is 2. The summed E-state index contributed by atoms with van der Waals surface area (Å²) >= 11 is 0. The largest absolute Gasteiger partial charge is 0.383 e. The molecule has 0 radical (unpaired) electrons. The Bertz CT molecular complexity index is 303. The zero-order valence-electron chi connectivity index (χ0n) is 9.57. The molecule has 1 aromatic rings. The Morgan fingerprint density at radius 2 is 1.57 bits per heavy atom. The summed E-state index contributed by atoms with van der Waals surface area (Å²) in [4.78, 5) is 0. The van der Waals surface area contributed by atoms with E-state index in [1.54, 1.807) is 0 Å². The topological polar surface area (TPSA) is 38.0 Å². The summed E-state index contributed by atoms with van der Waals surface area (Å²) in [7, 11) is 0. The molecule has 1 aromatic carbocycles. The first-order chi connectivity index (χ1) is 6.57. The van der Waals surface area contributed by atoms with Gasteiger partial charge in [-0.15, -0.1) is 0 Å². The Labute approximate surface area is 86.5 Å². The Balaban J connectivity index is 3.11. The molecule has 2 heteroatoms. The number of benzene rings is 1. The molecule has 14 heavy (non-hydrogen) atoms. The first kappa shape index (κ1) is 11.1. The second-order valence-corrected chi connectivity index (χ2v) is 3.85. The molecule has 0 saturated carbocycles. The van der Waals surface area contributed by atoms with E-state index in [0.717, 1.165) is 6.54 Å². The second kappa shape index (κ2) is 4.47. The first-order valence-corrected chi connectivity index (χ1v) is 5.09. The molecule has 0 saturated heterocycles. The van der Waals surface area contributed by atoms with Gasteiger partial charge < -0.3 is 11.1 Å². The van der Waals surface area contributed by atoms with Crippen LogP contribution < -0.4 is 11.1 Å². The highest BCUT2D eigenvalue weighted by atomic mass is 14.9. The zero-order valence-corrected chi connectivity index (χ0v) is 9.57. The number of nitrogens with two attached hydrogens (primary N) is 1. The number of hydrogen-bond donors (Lipinski definition) is 2. The predicted octanol–water partition coefficient (Wildman–Crippen LogP) is 2.29. The molecule has 0 fully saturated rings.